The Morgan fingerprint density at radius 1 is 1.50 bits per heavy atom. The number of nitrogens with zero attached hydrogens (tertiary/aromatic N) is 1. The molecule has 0 spiro atoms. The summed E-state index contributed by atoms with van der Waals surface area (Å²) in [5.74, 6) is -1.40. The van der Waals surface area contributed by atoms with E-state index in [0.29, 0.717) is 23.3 Å². The van der Waals surface area contributed by atoms with Gasteiger partial charge in [-0.05, 0) is 37.4 Å². The van der Waals surface area contributed by atoms with E-state index < -0.39 is 28.7 Å². The van der Waals surface area contributed by atoms with Crippen molar-refractivity contribution in [1.29, 1.82) is 0 Å². The van der Waals surface area contributed by atoms with Crippen molar-refractivity contribution in [3.05, 3.63) is 16.5 Å². The third-order valence-electron chi connectivity index (χ3n) is 3.69. The van der Waals surface area contributed by atoms with Gasteiger partial charge in [0.2, 0.25) is 10.0 Å². The molecule has 1 aliphatic rings. The predicted molar refractivity (Wildman–Crippen MR) is 81.8 cm³/mol. The Balaban J connectivity index is 1.94. The number of hydrogen-bond acceptors (Lipinski definition) is 5. The van der Waals surface area contributed by atoms with Crippen molar-refractivity contribution in [2.45, 2.75) is 23.7 Å². The molecule has 1 aromatic heterocycles. The van der Waals surface area contributed by atoms with Gasteiger partial charge in [0.05, 0.1) is 6.54 Å². The second kappa shape index (κ2) is 6.98. The van der Waals surface area contributed by atoms with E-state index in [0.717, 1.165) is 0 Å². The highest BCUT2D eigenvalue weighted by molar-refractivity contribution is 7.91. The van der Waals surface area contributed by atoms with Gasteiger partial charge in [0, 0.05) is 13.1 Å². The summed E-state index contributed by atoms with van der Waals surface area (Å²) in [6.45, 7) is 0.975. The zero-order chi connectivity index (χ0) is 18.1. The predicted octanol–water partition coefficient (Wildman–Crippen LogP) is 1.92. The van der Waals surface area contributed by atoms with Crippen LogP contribution in [0.5, 0.6) is 0 Å². The first-order chi connectivity index (χ1) is 11.0. The minimum absolute atomic E-state index is 0.0239. The molecule has 0 amide bonds. The fourth-order valence-corrected chi connectivity index (χ4v) is 5.11. The monoisotopic (exact) mass is 386 g/mol. The van der Waals surface area contributed by atoms with Crippen molar-refractivity contribution in [3.63, 3.8) is 0 Å². The average Bonchev–Trinajstić information content (AvgIpc) is 3.01. The van der Waals surface area contributed by atoms with Crippen LogP contribution in [-0.4, -0.2) is 56.7 Å². The Hall–Kier alpha value is -1.17. The third-order valence-corrected chi connectivity index (χ3v) is 6.81. The van der Waals surface area contributed by atoms with E-state index in [1.807, 2.05) is 0 Å². The fourth-order valence-electron chi connectivity index (χ4n) is 2.57. The van der Waals surface area contributed by atoms with Gasteiger partial charge in [0.25, 0.3) is 0 Å². The molecule has 2 N–H and O–H groups in total. The zero-order valence-corrected chi connectivity index (χ0v) is 14.4. The molecule has 2 rings (SSSR count). The third kappa shape index (κ3) is 4.91. The number of carbonyl (C=O) groups is 1. The number of sulfonamides is 1. The van der Waals surface area contributed by atoms with Crippen LogP contribution < -0.4 is 4.72 Å². The summed E-state index contributed by atoms with van der Waals surface area (Å²) in [5, 5.41) is 8.97. The van der Waals surface area contributed by atoms with Crippen molar-refractivity contribution in [3.8, 4) is 0 Å². The maximum Gasteiger partial charge on any atom is 0.401 e. The van der Waals surface area contributed by atoms with E-state index in [-0.39, 0.29) is 34.6 Å². The molecule has 136 valence electrons. The van der Waals surface area contributed by atoms with Crippen LogP contribution in [-0.2, 0) is 10.0 Å². The number of likely N-dealkylation sites (tertiary alicyclic amines) is 1. The number of hydrogen-bond donors (Lipinski definition) is 2. The molecule has 6 nitrogen and oxygen atoms in total. The summed E-state index contributed by atoms with van der Waals surface area (Å²) >= 11 is 0.656. The molecule has 1 aromatic rings. The van der Waals surface area contributed by atoms with Crippen LogP contribution in [0.2, 0.25) is 0 Å². The first kappa shape index (κ1) is 19.2. The fraction of sp³-hybridized carbons (Fsp3) is 0.615. The lowest BCUT2D eigenvalue weighted by Gasteiger charge is -2.17. The van der Waals surface area contributed by atoms with Crippen molar-refractivity contribution >= 4 is 27.3 Å². The van der Waals surface area contributed by atoms with Gasteiger partial charge >= 0.3 is 12.1 Å². The summed E-state index contributed by atoms with van der Waals surface area (Å²) in [6.07, 6.45) is -3.79. The maximum atomic E-state index is 12.3. The molecular weight excluding hydrogens is 369 g/mol. The largest absolute Gasteiger partial charge is 0.477 e. The number of aromatic carboxylic acids is 1. The van der Waals surface area contributed by atoms with Gasteiger partial charge in [0.1, 0.15) is 9.09 Å². The molecule has 0 unspecified atom stereocenters. The number of carboxylic acid groups (broad SMARTS) is 1. The van der Waals surface area contributed by atoms with E-state index in [9.17, 15) is 26.4 Å². The van der Waals surface area contributed by atoms with Gasteiger partial charge in [0.15, 0.2) is 0 Å². The number of alkyl halides is 3. The van der Waals surface area contributed by atoms with Crippen LogP contribution >= 0.6 is 11.3 Å². The minimum atomic E-state index is -4.27. The molecular formula is C13H17F3N2O4S2. The van der Waals surface area contributed by atoms with E-state index in [1.54, 1.807) is 0 Å². The van der Waals surface area contributed by atoms with Crippen molar-refractivity contribution < 1.29 is 31.5 Å². The van der Waals surface area contributed by atoms with Gasteiger partial charge in [-0.2, -0.15) is 13.2 Å². The average molecular weight is 386 g/mol. The molecule has 1 saturated heterocycles. The first-order valence-electron chi connectivity index (χ1n) is 7.10. The lowest BCUT2D eigenvalue weighted by atomic mass is 10.1. The number of nitrogens with one attached hydrogen (secondary N) is 1. The number of thiophene rings is 1. The molecule has 24 heavy (non-hydrogen) atoms. The highest BCUT2D eigenvalue weighted by Gasteiger charge is 2.34. The number of carboxylic acids is 1. The molecule has 0 bridgehead atoms. The number of rotatable bonds is 6. The van der Waals surface area contributed by atoms with E-state index in [2.05, 4.69) is 4.72 Å². The zero-order valence-electron chi connectivity index (χ0n) is 12.8. The van der Waals surface area contributed by atoms with Gasteiger partial charge in [-0.1, -0.05) is 0 Å². The van der Waals surface area contributed by atoms with Gasteiger partial charge < -0.3 is 5.11 Å². The molecule has 1 fully saturated rings. The van der Waals surface area contributed by atoms with Crippen LogP contribution in [0.4, 0.5) is 13.2 Å². The standard InChI is InChI=1S/C13H17F3N2O4S2/c1-8-4-10(23-11(8)12(19)20)24(21,22)17-5-9-2-3-18(6-9)7-13(14,15)16/h4,9,17H,2-3,5-7H2,1H3,(H,19,20)/t9-/m0/s1. The first-order valence-corrected chi connectivity index (χ1v) is 9.40. The Morgan fingerprint density at radius 2 is 2.17 bits per heavy atom. The molecule has 2 heterocycles. The van der Waals surface area contributed by atoms with Crippen LogP contribution in [0, 0.1) is 12.8 Å². The summed E-state index contributed by atoms with van der Waals surface area (Å²) in [5.41, 5.74) is 0.352. The summed E-state index contributed by atoms with van der Waals surface area (Å²) in [4.78, 5) is 12.2. The molecule has 11 heteroatoms. The van der Waals surface area contributed by atoms with E-state index in [4.69, 9.17) is 5.11 Å². The molecule has 1 atom stereocenters. The van der Waals surface area contributed by atoms with E-state index in [1.165, 1.54) is 17.9 Å². The summed E-state index contributed by atoms with van der Waals surface area (Å²) < 4.78 is 63.7. The quantitative estimate of drug-likeness (QED) is 0.780. The SMILES string of the molecule is Cc1cc(S(=O)(=O)NC[C@@H]2CCN(CC(F)(F)F)C2)sc1C(=O)O. The van der Waals surface area contributed by atoms with Crippen molar-refractivity contribution in [2.75, 3.05) is 26.2 Å². The lowest BCUT2D eigenvalue weighted by molar-refractivity contribution is -0.143. The van der Waals surface area contributed by atoms with Gasteiger partial charge in [-0.25, -0.2) is 17.9 Å². The highest BCUT2D eigenvalue weighted by Crippen LogP contribution is 2.27. The Morgan fingerprint density at radius 3 is 2.71 bits per heavy atom. The Kier molecular flexibility index (Phi) is 5.57. The normalized spacial score (nSPS) is 19.8. The Bertz CT molecular complexity index is 715. The van der Waals surface area contributed by atoms with Crippen molar-refractivity contribution in [2.24, 2.45) is 5.92 Å². The van der Waals surface area contributed by atoms with Crippen LogP contribution in [0.3, 0.4) is 0 Å². The highest BCUT2D eigenvalue weighted by atomic mass is 32.2. The van der Waals surface area contributed by atoms with Gasteiger partial charge in [-0.15, -0.1) is 11.3 Å². The Labute approximate surface area is 141 Å². The molecule has 1 aliphatic heterocycles. The minimum Gasteiger partial charge on any atom is -0.477 e. The molecule has 0 saturated carbocycles. The second-order valence-electron chi connectivity index (χ2n) is 5.74. The summed E-state index contributed by atoms with van der Waals surface area (Å²) in [7, 11) is -3.87. The number of aryl methyl sites for hydroxylation is 1. The van der Waals surface area contributed by atoms with Crippen molar-refractivity contribution in [1.82, 2.24) is 9.62 Å². The second-order valence-corrected chi connectivity index (χ2v) is 8.79. The van der Waals surface area contributed by atoms with Crippen LogP contribution in [0.15, 0.2) is 10.3 Å². The van der Waals surface area contributed by atoms with Crippen LogP contribution in [0.1, 0.15) is 21.7 Å². The summed E-state index contributed by atoms with van der Waals surface area (Å²) in [6, 6.07) is 1.28. The number of halogens is 3. The molecule has 0 aromatic carbocycles. The van der Waals surface area contributed by atoms with Crippen LogP contribution in [0.25, 0.3) is 0 Å². The molecule has 0 radical (unpaired) electrons. The molecule has 0 aliphatic carbocycles. The topological polar surface area (TPSA) is 86.7 Å². The van der Waals surface area contributed by atoms with E-state index >= 15 is 0 Å². The maximum absolute atomic E-state index is 12.3. The smallest absolute Gasteiger partial charge is 0.401 e. The lowest BCUT2D eigenvalue weighted by Crippen LogP contribution is -2.34. The van der Waals surface area contributed by atoms with Gasteiger partial charge in [-0.3, -0.25) is 4.90 Å².